The van der Waals surface area contributed by atoms with E-state index in [4.69, 9.17) is 4.74 Å². The molecule has 0 aliphatic carbocycles. The maximum atomic E-state index is 11.8. The molecule has 1 aromatic rings. The summed E-state index contributed by atoms with van der Waals surface area (Å²) in [5, 5.41) is 10.3. The summed E-state index contributed by atoms with van der Waals surface area (Å²) >= 11 is 0. The molecule has 1 unspecified atom stereocenters. The maximum absolute atomic E-state index is 11.8. The molecule has 0 aromatic heterocycles. The third-order valence-electron chi connectivity index (χ3n) is 2.87. The highest BCUT2D eigenvalue weighted by molar-refractivity contribution is 5.87. The predicted molar refractivity (Wildman–Crippen MR) is 71.6 cm³/mol. The second-order valence-corrected chi connectivity index (χ2v) is 4.62. The van der Waals surface area contributed by atoms with Crippen molar-refractivity contribution in [2.75, 3.05) is 6.61 Å². The van der Waals surface area contributed by atoms with E-state index in [2.05, 4.69) is 0 Å². The van der Waals surface area contributed by atoms with E-state index in [1.165, 1.54) is 6.92 Å². The number of ether oxygens (including phenoxy) is 1. The van der Waals surface area contributed by atoms with Crippen LogP contribution in [0, 0.1) is 0 Å². The highest BCUT2D eigenvalue weighted by Crippen LogP contribution is 2.21. The Balaban J connectivity index is 2.74. The van der Waals surface area contributed by atoms with Crippen molar-refractivity contribution >= 4 is 11.8 Å². The van der Waals surface area contributed by atoms with E-state index in [1.54, 1.807) is 6.92 Å². The minimum absolute atomic E-state index is 0.176. The van der Waals surface area contributed by atoms with Crippen molar-refractivity contribution in [3.8, 4) is 0 Å². The van der Waals surface area contributed by atoms with Crippen LogP contribution in [0.3, 0.4) is 0 Å². The van der Waals surface area contributed by atoms with Crippen LogP contribution >= 0.6 is 0 Å². The molecule has 4 heteroatoms. The first-order valence-electron chi connectivity index (χ1n) is 6.41. The number of carbonyl (C=O) groups excluding carboxylic acids is 2. The average Bonchev–Trinajstić information content (AvgIpc) is 2.37. The Morgan fingerprint density at radius 3 is 2.42 bits per heavy atom. The van der Waals surface area contributed by atoms with Crippen LogP contribution in [0.2, 0.25) is 0 Å². The van der Waals surface area contributed by atoms with E-state index < -0.39 is 11.6 Å². The molecule has 0 saturated heterocycles. The zero-order valence-corrected chi connectivity index (χ0v) is 11.4. The quantitative estimate of drug-likeness (QED) is 0.764. The van der Waals surface area contributed by atoms with E-state index in [0.29, 0.717) is 6.42 Å². The van der Waals surface area contributed by atoms with E-state index in [0.717, 1.165) is 5.56 Å². The summed E-state index contributed by atoms with van der Waals surface area (Å²) in [7, 11) is 0. The smallest absolute Gasteiger partial charge is 0.338 e. The molecule has 0 bridgehead atoms. The minimum atomic E-state index is -1.72. The molecular formula is C15H20O4. The highest BCUT2D eigenvalue weighted by atomic mass is 16.5. The number of hydrogen-bond donors (Lipinski definition) is 1. The van der Waals surface area contributed by atoms with E-state index in [9.17, 15) is 14.7 Å². The summed E-state index contributed by atoms with van der Waals surface area (Å²) in [6, 6.07) is 9.52. The molecule has 0 aliphatic heterocycles. The maximum Gasteiger partial charge on any atom is 0.338 e. The average molecular weight is 264 g/mol. The fourth-order valence-electron chi connectivity index (χ4n) is 1.94. The number of rotatable bonds is 7. The van der Waals surface area contributed by atoms with Crippen molar-refractivity contribution in [3.05, 3.63) is 35.9 Å². The van der Waals surface area contributed by atoms with Gasteiger partial charge >= 0.3 is 5.97 Å². The van der Waals surface area contributed by atoms with Gasteiger partial charge in [-0.15, -0.1) is 0 Å². The molecule has 4 nitrogen and oxygen atoms in total. The molecule has 1 N–H and O–H groups in total. The summed E-state index contributed by atoms with van der Waals surface area (Å²) in [5.74, 6) is -0.954. The van der Waals surface area contributed by atoms with Gasteiger partial charge in [-0.2, -0.15) is 0 Å². The summed E-state index contributed by atoms with van der Waals surface area (Å²) in [6.45, 7) is 3.21. The van der Waals surface area contributed by atoms with Gasteiger partial charge in [0.25, 0.3) is 0 Å². The number of ketones is 1. The van der Waals surface area contributed by atoms with Gasteiger partial charge in [0, 0.05) is 6.42 Å². The minimum Gasteiger partial charge on any atom is -0.464 e. The molecule has 0 saturated carbocycles. The fourth-order valence-corrected chi connectivity index (χ4v) is 1.94. The first kappa shape index (κ1) is 15.4. The first-order valence-corrected chi connectivity index (χ1v) is 6.41. The predicted octanol–water partition coefficient (Wildman–Crippen LogP) is 1.89. The monoisotopic (exact) mass is 264 g/mol. The highest BCUT2D eigenvalue weighted by Gasteiger charge is 2.38. The molecular weight excluding hydrogens is 244 g/mol. The molecule has 0 fully saturated rings. The van der Waals surface area contributed by atoms with Gasteiger partial charge in [-0.05, 0) is 32.3 Å². The number of aryl methyl sites for hydroxylation is 1. The Morgan fingerprint density at radius 1 is 1.26 bits per heavy atom. The lowest BCUT2D eigenvalue weighted by Gasteiger charge is -2.24. The van der Waals surface area contributed by atoms with Gasteiger partial charge in [-0.25, -0.2) is 4.79 Å². The Labute approximate surface area is 113 Å². The van der Waals surface area contributed by atoms with Gasteiger partial charge in [0.15, 0.2) is 5.60 Å². The van der Waals surface area contributed by atoms with Crippen molar-refractivity contribution in [3.63, 3.8) is 0 Å². The van der Waals surface area contributed by atoms with E-state index in [1.807, 2.05) is 30.3 Å². The Morgan fingerprint density at radius 2 is 1.89 bits per heavy atom. The third-order valence-corrected chi connectivity index (χ3v) is 2.87. The largest absolute Gasteiger partial charge is 0.464 e. The topological polar surface area (TPSA) is 63.6 Å². The molecule has 1 atom stereocenters. The number of benzene rings is 1. The third kappa shape index (κ3) is 4.83. The number of aliphatic hydroxyl groups is 1. The lowest BCUT2D eigenvalue weighted by Crippen LogP contribution is -2.42. The van der Waals surface area contributed by atoms with Crippen molar-refractivity contribution in [2.45, 2.75) is 38.7 Å². The van der Waals surface area contributed by atoms with Crippen LogP contribution in [-0.4, -0.2) is 29.1 Å². The molecule has 1 aromatic carbocycles. The SMILES string of the molecule is CCOC(=O)C(O)(CCc1ccccc1)CC(C)=O. The summed E-state index contributed by atoms with van der Waals surface area (Å²) in [5.41, 5.74) is -0.716. The van der Waals surface area contributed by atoms with E-state index >= 15 is 0 Å². The lowest BCUT2D eigenvalue weighted by molar-refractivity contribution is -0.168. The van der Waals surface area contributed by atoms with Crippen LogP contribution in [0.4, 0.5) is 0 Å². The van der Waals surface area contributed by atoms with Gasteiger partial charge < -0.3 is 9.84 Å². The van der Waals surface area contributed by atoms with Gasteiger partial charge in [0.2, 0.25) is 0 Å². The van der Waals surface area contributed by atoms with Gasteiger partial charge in [-0.3, -0.25) is 4.79 Å². The number of carbonyl (C=O) groups is 2. The van der Waals surface area contributed by atoms with Crippen molar-refractivity contribution in [1.82, 2.24) is 0 Å². The standard InChI is InChI=1S/C15H20O4/c1-3-19-14(17)15(18,11-12(2)16)10-9-13-7-5-4-6-8-13/h4-8,18H,3,9-11H2,1-2H3. The second kappa shape index (κ2) is 7.04. The van der Waals surface area contributed by atoms with Gasteiger partial charge in [0.1, 0.15) is 5.78 Å². The van der Waals surface area contributed by atoms with Crippen LogP contribution in [-0.2, 0) is 20.7 Å². The molecule has 0 heterocycles. The van der Waals surface area contributed by atoms with Gasteiger partial charge in [-0.1, -0.05) is 30.3 Å². The molecule has 1 rings (SSSR count). The summed E-state index contributed by atoms with van der Waals surface area (Å²) in [4.78, 5) is 23.0. The Hall–Kier alpha value is -1.68. The zero-order chi connectivity index (χ0) is 14.3. The zero-order valence-electron chi connectivity index (χ0n) is 11.4. The van der Waals surface area contributed by atoms with Crippen molar-refractivity contribution in [1.29, 1.82) is 0 Å². The molecule has 0 aliphatic rings. The van der Waals surface area contributed by atoms with Gasteiger partial charge in [0.05, 0.1) is 6.61 Å². The van der Waals surface area contributed by atoms with Crippen LogP contribution in [0.1, 0.15) is 32.3 Å². The van der Waals surface area contributed by atoms with Crippen molar-refractivity contribution < 1.29 is 19.4 Å². The number of hydrogen-bond acceptors (Lipinski definition) is 4. The summed E-state index contributed by atoms with van der Waals surface area (Å²) in [6.07, 6.45) is 0.484. The lowest BCUT2D eigenvalue weighted by atomic mass is 9.90. The Bertz CT molecular complexity index is 427. The van der Waals surface area contributed by atoms with Crippen LogP contribution in [0.25, 0.3) is 0 Å². The van der Waals surface area contributed by atoms with E-state index in [-0.39, 0.29) is 25.2 Å². The first-order chi connectivity index (χ1) is 8.98. The fraction of sp³-hybridized carbons (Fsp3) is 0.467. The second-order valence-electron chi connectivity index (χ2n) is 4.62. The normalized spacial score (nSPS) is 13.6. The molecule has 104 valence electrons. The summed E-state index contributed by atoms with van der Waals surface area (Å²) < 4.78 is 4.86. The Kier molecular flexibility index (Phi) is 5.70. The van der Waals surface area contributed by atoms with Crippen LogP contribution < -0.4 is 0 Å². The van der Waals surface area contributed by atoms with Crippen LogP contribution in [0.15, 0.2) is 30.3 Å². The number of Topliss-reactive ketones (excluding diaryl/α,β-unsaturated/α-hetero) is 1. The van der Waals surface area contributed by atoms with Crippen molar-refractivity contribution in [2.24, 2.45) is 0 Å². The molecule has 0 spiro atoms. The van der Waals surface area contributed by atoms with Crippen LogP contribution in [0.5, 0.6) is 0 Å². The number of esters is 1. The molecule has 0 amide bonds. The molecule has 19 heavy (non-hydrogen) atoms. The molecule has 0 radical (unpaired) electrons.